The molecule has 0 radical (unpaired) electrons. The van der Waals surface area contributed by atoms with Crippen LogP contribution in [0.15, 0.2) is 42.6 Å². The van der Waals surface area contributed by atoms with E-state index in [0.717, 1.165) is 11.3 Å². The van der Waals surface area contributed by atoms with Crippen LogP contribution in [-0.4, -0.2) is 46.8 Å². The Kier molecular flexibility index (Phi) is 5.68. The first-order valence-corrected chi connectivity index (χ1v) is 8.69. The Balaban J connectivity index is 1.78. The highest BCUT2D eigenvalue weighted by atomic mass is 16.5. The van der Waals surface area contributed by atoms with E-state index in [0.29, 0.717) is 19.7 Å². The average molecular weight is 356 g/mol. The Morgan fingerprint density at radius 2 is 2.08 bits per heavy atom. The van der Waals surface area contributed by atoms with Gasteiger partial charge in [0, 0.05) is 33.3 Å². The number of amides is 2. The van der Waals surface area contributed by atoms with Crippen molar-refractivity contribution in [2.45, 2.75) is 19.0 Å². The number of rotatable bonds is 7. The summed E-state index contributed by atoms with van der Waals surface area (Å²) in [7, 11) is 3.44. The predicted octanol–water partition coefficient (Wildman–Crippen LogP) is 1.27. The van der Waals surface area contributed by atoms with Crippen molar-refractivity contribution in [1.82, 2.24) is 20.0 Å². The number of hydrogen-bond acceptors (Lipinski definition) is 4. The lowest BCUT2D eigenvalue weighted by atomic mass is 9.92. The number of benzene rings is 1. The first-order valence-electron chi connectivity index (χ1n) is 8.69. The molecule has 7 heteroatoms. The third-order valence-corrected chi connectivity index (χ3v) is 4.81. The van der Waals surface area contributed by atoms with Gasteiger partial charge in [-0.1, -0.05) is 30.3 Å². The molecular weight excluding hydrogens is 332 g/mol. The maximum atomic E-state index is 12.8. The second-order valence-corrected chi connectivity index (χ2v) is 6.41. The minimum absolute atomic E-state index is 0.0170. The zero-order valence-corrected chi connectivity index (χ0v) is 15.1. The smallest absolute Gasteiger partial charge is 0.226 e. The highest BCUT2D eigenvalue weighted by molar-refractivity contribution is 5.90. The topological polar surface area (TPSA) is 76.5 Å². The summed E-state index contributed by atoms with van der Waals surface area (Å²) in [5.74, 6) is -0.556. The molecule has 26 heavy (non-hydrogen) atoms. The van der Waals surface area contributed by atoms with E-state index in [1.807, 2.05) is 43.4 Å². The van der Waals surface area contributed by atoms with E-state index in [1.54, 1.807) is 22.9 Å². The van der Waals surface area contributed by atoms with Crippen LogP contribution in [0.2, 0.25) is 0 Å². The maximum Gasteiger partial charge on any atom is 0.226 e. The fraction of sp³-hybridized carbons (Fsp3) is 0.421. The molecule has 1 saturated heterocycles. The minimum Gasteiger partial charge on any atom is -0.383 e. The molecule has 2 aromatic rings. The SMILES string of the molecule is COCCN1C(=O)C[C@@H](C(=O)NCc2ccnn2C)[C@@H]1c1ccccc1. The Labute approximate surface area is 152 Å². The van der Waals surface area contributed by atoms with Gasteiger partial charge in [-0.25, -0.2) is 0 Å². The van der Waals surface area contributed by atoms with Crippen LogP contribution in [0.5, 0.6) is 0 Å². The zero-order chi connectivity index (χ0) is 18.5. The van der Waals surface area contributed by atoms with Gasteiger partial charge in [0.05, 0.1) is 30.8 Å². The molecule has 1 N–H and O–H groups in total. The number of aryl methyl sites for hydroxylation is 1. The molecule has 1 aliphatic heterocycles. The second kappa shape index (κ2) is 8.14. The molecule has 2 atom stereocenters. The van der Waals surface area contributed by atoms with Crippen LogP contribution in [0, 0.1) is 5.92 Å². The Bertz CT molecular complexity index is 759. The molecule has 0 spiro atoms. The second-order valence-electron chi connectivity index (χ2n) is 6.41. The van der Waals surface area contributed by atoms with Crippen LogP contribution < -0.4 is 5.32 Å². The average Bonchev–Trinajstić information content (AvgIpc) is 3.21. The van der Waals surface area contributed by atoms with Gasteiger partial charge >= 0.3 is 0 Å². The van der Waals surface area contributed by atoms with E-state index in [9.17, 15) is 9.59 Å². The number of carbonyl (C=O) groups excluding carboxylic acids is 2. The molecule has 0 unspecified atom stereocenters. The molecule has 2 amide bonds. The van der Waals surface area contributed by atoms with Crippen LogP contribution in [0.25, 0.3) is 0 Å². The fourth-order valence-corrected chi connectivity index (χ4v) is 3.42. The monoisotopic (exact) mass is 356 g/mol. The van der Waals surface area contributed by atoms with Crippen molar-refractivity contribution in [3.8, 4) is 0 Å². The Hall–Kier alpha value is -2.67. The third kappa shape index (κ3) is 3.77. The van der Waals surface area contributed by atoms with Gasteiger partial charge in [0.1, 0.15) is 0 Å². The summed E-state index contributed by atoms with van der Waals surface area (Å²) in [6.07, 6.45) is 1.90. The molecule has 138 valence electrons. The Morgan fingerprint density at radius 3 is 2.73 bits per heavy atom. The molecule has 0 aliphatic carbocycles. The van der Waals surface area contributed by atoms with Crippen molar-refractivity contribution < 1.29 is 14.3 Å². The summed E-state index contributed by atoms with van der Waals surface area (Å²) >= 11 is 0. The van der Waals surface area contributed by atoms with Crippen LogP contribution >= 0.6 is 0 Å². The van der Waals surface area contributed by atoms with Gasteiger partial charge in [0.2, 0.25) is 11.8 Å². The molecule has 0 bridgehead atoms. The third-order valence-electron chi connectivity index (χ3n) is 4.81. The van der Waals surface area contributed by atoms with E-state index >= 15 is 0 Å². The molecule has 7 nitrogen and oxygen atoms in total. The quantitative estimate of drug-likeness (QED) is 0.811. The van der Waals surface area contributed by atoms with E-state index in [1.165, 1.54) is 0 Å². The number of nitrogens with zero attached hydrogens (tertiary/aromatic N) is 3. The molecule has 0 saturated carbocycles. The standard InChI is InChI=1S/C19H24N4O3/c1-22-15(8-9-21-22)13-20-19(25)16-12-17(24)23(10-11-26-2)18(16)14-6-4-3-5-7-14/h3-9,16,18H,10-13H2,1-2H3,(H,20,25)/t16-,18+/m1/s1. The number of carbonyl (C=O) groups is 2. The predicted molar refractivity (Wildman–Crippen MR) is 95.9 cm³/mol. The van der Waals surface area contributed by atoms with Gasteiger partial charge in [-0.3, -0.25) is 14.3 Å². The normalized spacial score (nSPS) is 19.8. The first-order chi connectivity index (χ1) is 12.6. The van der Waals surface area contributed by atoms with Crippen molar-refractivity contribution in [3.05, 3.63) is 53.9 Å². The largest absolute Gasteiger partial charge is 0.383 e. The van der Waals surface area contributed by atoms with Crippen LogP contribution in [0.1, 0.15) is 23.7 Å². The van der Waals surface area contributed by atoms with Crippen molar-refractivity contribution in [2.24, 2.45) is 13.0 Å². The Morgan fingerprint density at radius 1 is 1.31 bits per heavy atom. The van der Waals surface area contributed by atoms with Crippen molar-refractivity contribution >= 4 is 11.8 Å². The van der Waals surface area contributed by atoms with E-state index in [-0.39, 0.29) is 24.3 Å². The van der Waals surface area contributed by atoms with Crippen molar-refractivity contribution in [1.29, 1.82) is 0 Å². The zero-order valence-electron chi connectivity index (χ0n) is 15.1. The number of likely N-dealkylation sites (tertiary alicyclic amines) is 1. The van der Waals surface area contributed by atoms with E-state index in [2.05, 4.69) is 10.4 Å². The number of methoxy groups -OCH3 is 1. The summed E-state index contributed by atoms with van der Waals surface area (Å²) in [6.45, 7) is 1.30. The molecule has 1 fully saturated rings. The molecule has 2 heterocycles. The van der Waals surface area contributed by atoms with Crippen molar-refractivity contribution in [3.63, 3.8) is 0 Å². The summed E-state index contributed by atoms with van der Waals surface area (Å²) in [4.78, 5) is 27.1. The lowest BCUT2D eigenvalue weighted by Crippen LogP contribution is -2.36. The van der Waals surface area contributed by atoms with Gasteiger partial charge in [-0.15, -0.1) is 0 Å². The summed E-state index contributed by atoms with van der Waals surface area (Å²) in [5.41, 5.74) is 1.88. The molecule has 1 aromatic heterocycles. The van der Waals surface area contributed by atoms with Crippen LogP contribution in [0.4, 0.5) is 0 Å². The lowest BCUT2D eigenvalue weighted by molar-refractivity contribution is -0.129. The fourth-order valence-electron chi connectivity index (χ4n) is 3.42. The van der Waals surface area contributed by atoms with E-state index < -0.39 is 5.92 Å². The lowest BCUT2D eigenvalue weighted by Gasteiger charge is -2.28. The summed E-state index contributed by atoms with van der Waals surface area (Å²) < 4.78 is 6.86. The van der Waals surface area contributed by atoms with Crippen LogP contribution in [0.3, 0.4) is 0 Å². The molecule has 3 rings (SSSR count). The van der Waals surface area contributed by atoms with E-state index in [4.69, 9.17) is 4.74 Å². The maximum absolute atomic E-state index is 12.8. The molecular formula is C19H24N4O3. The van der Waals surface area contributed by atoms with Gasteiger partial charge in [0.15, 0.2) is 0 Å². The van der Waals surface area contributed by atoms with Crippen LogP contribution in [-0.2, 0) is 27.9 Å². The van der Waals surface area contributed by atoms with Gasteiger partial charge < -0.3 is 15.0 Å². The van der Waals surface area contributed by atoms with Crippen molar-refractivity contribution in [2.75, 3.05) is 20.3 Å². The highest BCUT2D eigenvalue weighted by Gasteiger charge is 2.44. The number of hydrogen-bond donors (Lipinski definition) is 1. The minimum atomic E-state index is -0.421. The number of ether oxygens (including phenoxy) is 1. The van der Waals surface area contributed by atoms with Gasteiger partial charge in [-0.2, -0.15) is 5.10 Å². The summed E-state index contributed by atoms with van der Waals surface area (Å²) in [5, 5.41) is 7.06. The number of nitrogens with one attached hydrogen (secondary N) is 1. The molecule has 1 aliphatic rings. The van der Waals surface area contributed by atoms with Gasteiger partial charge in [0.25, 0.3) is 0 Å². The number of aromatic nitrogens is 2. The summed E-state index contributed by atoms with van der Waals surface area (Å²) in [6, 6.07) is 11.3. The first kappa shape index (κ1) is 18.1. The highest BCUT2D eigenvalue weighted by Crippen LogP contribution is 2.38. The van der Waals surface area contributed by atoms with Gasteiger partial charge in [-0.05, 0) is 11.6 Å². The molecule has 1 aromatic carbocycles.